The lowest BCUT2D eigenvalue weighted by Gasteiger charge is -2.08. The first-order valence-corrected chi connectivity index (χ1v) is 9.40. The summed E-state index contributed by atoms with van der Waals surface area (Å²) in [5.41, 5.74) is 2.30. The van der Waals surface area contributed by atoms with Crippen LogP contribution in [0.4, 0.5) is 5.69 Å². The summed E-state index contributed by atoms with van der Waals surface area (Å²) >= 11 is 1.05. The molecule has 3 aromatic rings. The Bertz CT molecular complexity index is 955. The molecule has 7 nitrogen and oxygen atoms in total. The summed E-state index contributed by atoms with van der Waals surface area (Å²) in [6, 6.07) is 11.0. The molecule has 0 aliphatic heterocycles. The maximum absolute atomic E-state index is 12.7. The van der Waals surface area contributed by atoms with Gasteiger partial charge >= 0.3 is 0 Å². The van der Waals surface area contributed by atoms with Gasteiger partial charge in [0.15, 0.2) is 0 Å². The van der Waals surface area contributed by atoms with Gasteiger partial charge in [-0.25, -0.2) is 0 Å². The molecule has 1 fully saturated rings. The molecule has 4 rings (SSSR count). The first-order chi connectivity index (χ1) is 13.2. The van der Waals surface area contributed by atoms with Gasteiger partial charge in [0.2, 0.25) is 5.91 Å². The molecule has 2 N–H and O–H groups in total. The van der Waals surface area contributed by atoms with Gasteiger partial charge in [-0.05, 0) is 48.6 Å². The molecular formula is C19H17N5O2S. The van der Waals surface area contributed by atoms with Crippen molar-refractivity contribution in [3.05, 3.63) is 59.4 Å². The second-order valence-electron chi connectivity index (χ2n) is 6.22. The zero-order valence-corrected chi connectivity index (χ0v) is 15.2. The van der Waals surface area contributed by atoms with E-state index in [0.29, 0.717) is 28.5 Å². The first-order valence-electron chi connectivity index (χ1n) is 8.62. The van der Waals surface area contributed by atoms with Crippen LogP contribution in [0.15, 0.2) is 48.8 Å². The van der Waals surface area contributed by atoms with Crippen molar-refractivity contribution in [2.45, 2.75) is 19.4 Å². The van der Waals surface area contributed by atoms with Crippen molar-refractivity contribution >= 4 is 29.0 Å². The largest absolute Gasteiger partial charge is 0.346 e. The lowest BCUT2D eigenvalue weighted by atomic mass is 10.2. The molecule has 0 radical (unpaired) electrons. The topological polar surface area (TPSA) is 96.9 Å². The van der Waals surface area contributed by atoms with Gasteiger partial charge in [0, 0.05) is 18.3 Å². The van der Waals surface area contributed by atoms with E-state index in [1.165, 1.54) is 0 Å². The number of amides is 2. The van der Waals surface area contributed by atoms with Gasteiger partial charge in [-0.3, -0.25) is 19.6 Å². The van der Waals surface area contributed by atoms with Crippen LogP contribution in [0.1, 0.15) is 28.2 Å². The number of anilines is 1. The van der Waals surface area contributed by atoms with E-state index in [9.17, 15) is 9.59 Å². The maximum atomic E-state index is 12.7. The number of nitrogens with one attached hydrogen (secondary N) is 2. The SMILES string of the molecule is O=C(NCc1ccccn1)c1snc(-c2ccccn2)c1NC(=O)C1CC1. The molecule has 0 unspecified atom stereocenters. The van der Waals surface area contributed by atoms with E-state index < -0.39 is 0 Å². The van der Waals surface area contributed by atoms with Crippen molar-refractivity contribution in [2.75, 3.05) is 5.32 Å². The molecule has 0 saturated heterocycles. The van der Waals surface area contributed by atoms with Crippen LogP contribution < -0.4 is 10.6 Å². The number of hydrogen-bond acceptors (Lipinski definition) is 6. The molecule has 0 atom stereocenters. The third kappa shape index (κ3) is 4.01. The Balaban J connectivity index is 1.59. The van der Waals surface area contributed by atoms with E-state index in [1.54, 1.807) is 24.5 Å². The Labute approximate surface area is 160 Å². The monoisotopic (exact) mass is 379 g/mol. The van der Waals surface area contributed by atoms with E-state index in [1.807, 2.05) is 24.3 Å². The van der Waals surface area contributed by atoms with Crippen molar-refractivity contribution in [3.63, 3.8) is 0 Å². The zero-order valence-electron chi connectivity index (χ0n) is 14.4. The lowest BCUT2D eigenvalue weighted by Crippen LogP contribution is -2.24. The van der Waals surface area contributed by atoms with Crippen LogP contribution in [0.5, 0.6) is 0 Å². The van der Waals surface area contributed by atoms with Gasteiger partial charge in [-0.2, -0.15) is 4.37 Å². The third-order valence-electron chi connectivity index (χ3n) is 4.16. The molecule has 1 aliphatic carbocycles. The Morgan fingerprint density at radius 3 is 2.52 bits per heavy atom. The second-order valence-corrected chi connectivity index (χ2v) is 6.99. The molecule has 3 aromatic heterocycles. The average Bonchev–Trinajstić information content (AvgIpc) is 3.49. The highest BCUT2D eigenvalue weighted by Crippen LogP contribution is 2.35. The first kappa shape index (κ1) is 17.3. The second kappa shape index (κ2) is 7.63. The van der Waals surface area contributed by atoms with E-state index in [0.717, 1.165) is 30.1 Å². The van der Waals surface area contributed by atoms with Gasteiger partial charge < -0.3 is 10.6 Å². The molecule has 0 aromatic carbocycles. The van der Waals surface area contributed by atoms with Crippen LogP contribution in [0.2, 0.25) is 0 Å². The fourth-order valence-electron chi connectivity index (χ4n) is 2.56. The van der Waals surface area contributed by atoms with E-state index in [2.05, 4.69) is 25.0 Å². The summed E-state index contributed by atoms with van der Waals surface area (Å²) in [5.74, 6) is -0.358. The minimum Gasteiger partial charge on any atom is -0.346 e. The molecule has 2 amide bonds. The van der Waals surface area contributed by atoms with Crippen LogP contribution in [-0.2, 0) is 11.3 Å². The number of nitrogens with zero attached hydrogens (tertiary/aromatic N) is 3. The fourth-order valence-corrected chi connectivity index (χ4v) is 3.32. The summed E-state index contributed by atoms with van der Waals surface area (Å²) < 4.78 is 4.38. The molecule has 3 heterocycles. The summed E-state index contributed by atoms with van der Waals surface area (Å²) in [7, 11) is 0. The highest BCUT2D eigenvalue weighted by atomic mass is 32.1. The number of carbonyl (C=O) groups is 2. The number of aromatic nitrogens is 3. The van der Waals surface area contributed by atoms with Crippen LogP contribution in [-0.4, -0.2) is 26.2 Å². The van der Waals surface area contributed by atoms with E-state index >= 15 is 0 Å². The van der Waals surface area contributed by atoms with Gasteiger partial charge in [-0.15, -0.1) is 0 Å². The molecule has 1 aliphatic rings. The smallest absolute Gasteiger partial charge is 0.265 e. The quantitative estimate of drug-likeness (QED) is 0.686. The Morgan fingerprint density at radius 1 is 1.07 bits per heavy atom. The molecule has 0 spiro atoms. The third-order valence-corrected chi connectivity index (χ3v) is 5.00. The summed E-state index contributed by atoms with van der Waals surface area (Å²) in [6.45, 7) is 0.298. The Kier molecular flexibility index (Phi) is 4.88. The predicted molar refractivity (Wildman–Crippen MR) is 102 cm³/mol. The predicted octanol–water partition coefficient (Wildman–Crippen LogP) is 2.88. The summed E-state index contributed by atoms with van der Waals surface area (Å²) in [4.78, 5) is 33.9. The van der Waals surface area contributed by atoms with Crippen LogP contribution >= 0.6 is 11.5 Å². The van der Waals surface area contributed by atoms with Crippen molar-refractivity contribution in [1.29, 1.82) is 0 Å². The van der Waals surface area contributed by atoms with Crippen molar-refractivity contribution in [3.8, 4) is 11.4 Å². The van der Waals surface area contributed by atoms with Crippen molar-refractivity contribution < 1.29 is 9.59 Å². The molecule has 0 bridgehead atoms. The van der Waals surface area contributed by atoms with Crippen molar-refractivity contribution in [1.82, 2.24) is 19.7 Å². The van der Waals surface area contributed by atoms with Gasteiger partial charge in [0.05, 0.1) is 23.6 Å². The van der Waals surface area contributed by atoms with Gasteiger partial charge in [-0.1, -0.05) is 12.1 Å². The van der Waals surface area contributed by atoms with Gasteiger partial charge in [0.25, 0.3) is 5.91 Å². The highest BCUT2D eigenvalue weighted by Gasteiger charge is 2.32. The number of pyridine rings is 2. The Hall–Kier alpha value is -3.13. The molecular weight excluding hydrogens is 362 g/mol. The summed E-state index contributed by atoms with van der Waals surface area (Å²) in [6.07, 6.45) is 5.09. The fraction of sp³-hybridized carbons (Fsp3) is 0.211. The summed E-state index contributed by atoms with van der Waals surface area (Å²) in [5, 5.41) is 5.73. The maximum Gasteiger partial charge on any atom is 0.265 e. The van der Waals surface area contributed by atoms with E-state index in [-0.39, 0.29) is 17.7 Å². The van der Waals surface area contributed by atoms with E-state index in [4.69, 9.17) is 0 Å². The van der Waals surface area contributed by atoms with Crippen LogP contribution in [0.25, 0.3) is 11.4 Å². The molecule has 8 heteroatoms. The average molecular weight is 379 g/mol. The number of carbonyl (C=O) groups excluding carboxylic acids is 2. The van der Waals surface area contributed by atoms with Crippen molar-refractivity contribution in [2.24, 2.45) is 5.92 Å². The molecule has 136 valence electrons. The highest BCUT2D eigenvalue weighted by molar-refractivity contribution is 7.09. The number of rotatable bonds is 6. The Morgan fingerprint density at radius 2 is 1.85 bits per heavy atom. The number of hydrogen-bond donors (Lipinski definition) is 2. The lowest BCUT2D eigenvalue weighted by molar-refractivity contribution is -0.117. The van der Waals surface area contributed by atoms with Crippen LogP contribution in [0, 0.1) is 5.92 Å². The minimum absolute atomic E-state index is 0.0194. The standard InChI is InChI=1S/C19H17N5O2S/c25-18(12-7-8-12)23-16-15(14-6-2-4-10-21-14)24-27-17(16)19(26)22-11-13-5-1-3-9-20-13/h1-6,9-10,12H,7-8,11H2,(H,22,26)(H,23,25). The molecule has 27 heavy (non-hydrogen) atoms. The van der Waals surface area contributed by atoms with Gasteiger partial charge in [0.1, 0.15) is 10.6 Å². The minimum atomic E-state index is -0.300. The molecule has 1 saturated carbocycles. The zero-order chi connectivity index (χ0) is 18.6. The van der Waals surface area contributed by atoms with Crippen LogP contribution in [0.3, 0.4) is 0 Å². The normalized spacial score (nSPS) is 13.2.